The molecule has 0 radical (unpaired) electrons. The molecule has 0 saturated heterocycles. The number of hydrogen-bond donors (Lipinski definition) is 1. The molecular formula is C18H30N2S. The molecule has 0 unspecified atom stereocenters. The maximum atomic E-state index is 5.85. The molecular weight excluding hydrogens is 276 g/mol. The zero-order valence-corrected chi connectivity index (χ0v) is 14.7. The van der Waals surface area contributed by atoms with Crippen LogP contribution in [0.4, 0.5) is 0 Å². The summed E-state index contributed by atoms with van der Waals surface area (Å²) >= 11 is 5.17. The normalized spacial score (nSPS) is 11.6. The molecule has 0 amide bonds. The third kappa shape index (κ3) is 7.05. The van der Waals surface area contributed by atoms with E-state index in [9.17, 15) is 0 Å². The molecule has 0 aliphatic heterocycles. The Morgan fingerprint density at radius 2 is 1.57 bits per heavy atom. The minimum atomic E-state index is 0.498. The van der Waals surface area contributed by atoms with Crippen molar-refractivity contribution in [3.05, 3.63) is 35.4 Å². The summed E-state index contributed by atoms with van der Waals surface area (Å²) in [7, 11) is 0. The Hall–Kier alpha value is -0.930. The monoisotopic (exact) mass is 306 g/mol. The Bertz CT molecular complexity index is 429. The van der Waals surface area contributed by atoms with E-state index in [0.29, 0.717) is 4.99 Å². The molecule has 2 nitrogen and oxygen atoms in total. The van der Waals surface area contributed by atoms with Gasteiger partial charge in [0, 0.05) is 12.1 Å². The molecule has 0 bridgehead atoms. The van der Waals surface area contributed by atoms with Gasteiger partial charge in [-0.1, -0.05) is 64.2 Å². The third-order valence-corrected chi connectivity index (χ3v) is 3.94. The molecule has 2 N–H and O–H groups in total. The van der Waals surface area contributed by atoms with E-state index in [-0.39, 0.29) is 0 Å². The number of rotatable bonds is 9. The van der Waals surface area contributed by atoms with Crippen molar-refractivity contribution in [1.82, 2.24) is 4.90 Å². The van der Waals surface area contributed by atoms with Crippen molar-refractivity contribution in [2.24, 2.45) is 17.6 Å². The Balaban J connectivity index is 2.76. The highest BCUT2D eigenvalue weighted by atomic mass is 32.1. The van der Waals surface area contributed by atoms with Gasteiger partial charge in [0.1, 0.15) is 4.99 Å². The van der Waals surface area contributed by atoms with Crippen LogP contribution in [0, 0.1) is 11.8 Å². The number of nitrogens with zero attached hydrogens (tertiary/aromatic N) is 1. The largest absolute Gasteiger partial charge is 0.389 e. The number of benzene rings is 1. The van der Waals surface area contributed by atoms with E-state index < -0.39 is 0 Å². The van der Waals surface area contributed by atoms with Crippen LogP contribution in [0.2, 0.25) is 0 Å². The van der Waals surface area contributed by atoms with Crippen molar-refractivity contribution in [1.29, 1.82) is 0 Å². The van der Waals surface area contributed by atoms with Crippen molar-refractivity contribution >= 4 is 17.2 Å². The predicted octanol–water partition coefficient (Wildman–Crippen LogP) is 4.22. The van der Waals surface area contributed by atoms with Crippen LogP contribution < -0.4 is 5.73 Å². The number of hydrogen-bond acceptors (Lipinski definition) is 2. The van der Waals surface area contributed by atoms with Gasteiger partial charge < -0.3 is 5.73 Å². The second-order valence-corrected chi connectivity index (χ2v) is 7.10. The molecule has 1 aromatic carbocycles. The molecule has 118 valence electrons. The number of nitrogens with two attached hydrogens (primary N) is 1. The van der Waals surface area contributed by atoms with Gasteiger partial charge in [-0.25, -0.2) is 0 Å². The molecule has 0 heterocycles. The average Bonchev–Trinajstić information content (AvgIpc) is 2.41. The second-order valence-electron chi connectivity index (χ2n) is 6.66. The molecule has 0 atom stereocenters. The fourth-order valence-corrected chi connectivity index (χ4v) is 2.49. The van der Waals surface area contributed by atoms with E-state index in [1.807, 2.05) is 12.1 Å². The van der Waals surface area contributed by atoms with Crippen LogP contribution in [0.5, 0.6) is 0 Å². The minimum absolute atomic E-state index is 0.498. The van der Waals surface area contributed by atoms with Crippen molar-refractivity contribution in [3.63, 3.8) is 0 Å². The van der Waals surface area contributed by atoms with Crippen LogP contribution >= 0.6 is 12.2 Å². The third-order valence-electron chi connectivity index (χ3n) is 3.72. The summed E-state index contributed by atoms with van der Waals surface area (Å²) in [5.41, 5.74) is 8.12. The summed E-state index contributed by atoms with van der Waals surface area (Å²) in [5, 5.41) is 0. The van der Waals surface area contributed by atoms with Gasteiger partial charge in [0.05, 0.1) is 0 Å². The molecule has 0 fully saturated rings. The van der Waals surface area contributed by atoms with Crippen molar-refractivity contribution < 1.29 is 0 Å². The van der Waals surface area contributed by atoms with E-state index >= 15 is 0 Å². The van der Waals surface area contributed by atoms with E-state index in [2.05, 4.69) is 44.7 Å². The zero-order valence-electron chi connectivity index (χ0n) is 13.9. The topological polar surface area (TPSA) is 29.3 Å². The highest BCUT2D eigenvalue weighted by molar-refractivity contribution is 7.80. The van der Waals surface area contributed by atoms with E-state index in [4.69, 9.17) is 18.0 Å². The Morgan fingerprint density at radius 3 is 2.05 bits per heavy atom. The maximum Gasteiger partial charge on any atom is 0.104 e. The summed E-state index contributed by atoms with van der Waals surface area (Å²) in [4.78, 5) is 3.04. The summed E-state index contributed by atoms with van der Waals surface area (Å²) in [6.07, 6.45) is 2.46. The average molecular weight is 307 g/mol. The summed E-state index contributed by atoms with van der Waals surface area (Å²) < 4.78 is 0. The molecule has 1 rings (SSSR count). The van der Waals surface area contributed by atoms with Gasteiger partial charge >= 0.3 is 0 Å². The van der Waals surface area contributed by atoms with Gasteiger partial charge in [-0.2, -0.15) is 0 Å². The summed E-state index contributed by atoms with van der Waals surface area (Å²) in [6.45, 7) is 12.3. The van der Waals surface area contributed by atoms with Gasteiger partial charge in [-0.05, 0) is 43.3 Å². The Kier molecular flexibility index (Phi) is 7.91. The molecule has 0 aromatic heterocycles. The molecule has 0 aliphatic carbocycles. The lowest BCUT2D eigenvalue weighted by Crippen LogP contribution is -2.28. The molecule has 0 spiro atoms. The van der Waals surface area contributed by atoms with E-state index in [1.165, 1.54) is 18.4 Å². The molecule has 1 aromatic rings. The predicted molar refractivity (Wildman–Crippen MR) is 96.5 cm³/mol. The van der Waals surface area contributed by atoms with Gasteiger partial charge in [-0.15, -0.1) is 0 Å². The molecule has 21 heavy (non-hydrogen) atoms. The Morgan fingerprint density at radius 1 is 1.05 bits per heavy atom. The lowest BCUT2D eigenvalue weighted by Gasteiger charge is -2.25. The first-order valence-electron chi connectivity index (χ1n) is 8.00. The van der Waals surface area contributed by atoms with Crippen LogP contribution in [0.1, 0.15) is 51.7 Å². The Labute approximate surface area is 135 Å². The molecule has 3 heteroatoms. The molecule has 0 aliphatic rings. The fourth-order valence-electron chi connectivity index (χ4n) is 2.29. The fraction of sp³-hybridized carbons (Fsp3) is 0.611. The lowest BCUT2D eigenvalue weighted by molar-refractivity contribution is 0.235. The van der Waals surface area contributed by atoms with Gasteiger partial charge in [0.15, 0.2) is 0 Å². The van der Waals surface area contributed by atoms with Gasteiger partial charge in [0.2, 0.25) is 0 Å². The number of thiocarbonyl (C=S) groups is 1. The lowest BCUT2D eigenvalue weighted by atomic mass is 10.0. The van der Waals surface area contributed by atoms with Crippen LogP contribution in [-0.2, 0) is 6.54 Å². The quantitative estimate of drug-likeness (QED) is 0.693. The molecule has 0 saturated carbocycles. The van der Waals surface area contributed by atoms with Gasteiger partial charge in [-0.3, -0.25) is 4.90 Å². The zero-order chi connectivity index (χ0) is 15.8. The van der Waals surface area contributed by atoms with Crippen LogP contribution in [-0.4, -0.2) is 23.0 Å². The van der Waals surface area contributed by atoms with Crippen LogP contribution in [0.3, 0.4) is 0 Å². The van der Waals surface area contributed by atoms with Crippen LogP contribution in [0.15, 0.2) is 24.3 Å². The minimum Gasteiger partial charge on any atom is -0.389 e. The second kappa shape index (κ2) is 9.16. The van der Waals surface area contributed by atoms with Crippen molar-refractivity contribution in [3.8, 4) is 0 Å². The highest BCUT2D eigenvalue weighted by Gasteiger charge is 2.11. The van der Waals surface area contributed by atoms with Gasteiger partial charge in [0.25, 0.3) is 0 Å². The maximum absolute atomic E-state index is 5.85. The standard InChI is InChI=1S/C18H30N2S/c1-14(2)9-11-20(12-10-15(3)4)13-16-7-5-6-8-17(16)18(19)21/h5-8,14-15H,9-13H2,1-4H3,(H2,19,21). The van der Waals surface area contributed by atoms with Crippen LogP contribution in [0.25, 0.3) is 0 Å². The van der Waals surface area contributed by atoms with Crippen molar-refractivity contribution in [2.45, 2.75) is 47.1 Å². The summed E-state index contributed by atoms with van der Waals surface area (Å²) in [6, 6.07) is 8.25. The summed E-state index contributed by atoms with van der Waals surface area (Å²) in [5.74, 6) is 1.47. The highest BCUT2D eigenvalue weighted by Crippen LogP contribution is 2.15. The smallest absolute Gasteiger partial charge is 0.104 e. The first-order valence-corrected chi connectivity index (χ1v) is 8.41. The first kappa shape index (κ1) is 18.1. The SMILES string of the molecule is CC(C)CCN(CCC(C)C)Cc1ccccc1C(N)=S. The van der Waals surface area contributed by atoms with E-state index in [0.717, 1.165) is 37.0 Å². The van der Waals surface area contributed by atoms with E-state index in [1.54, 1.807) is 0 Å². The van der Waals surface area contributed by atoms with Crippen molar-refractivity contribution in [2.75, 3.05) is 13.1 Å². The first-order chi connectivity index (χ1) is 9.90.